The molecule has 1 aliphatic rings. The maximum Gasteiger partial charge on any atom is 0.201 e. The van der Waals surface area contributed by atoms with Gasteiger partial charge in [0.2, 0.25) is 5.95 Å². The van der Waals surface area contributed by atoms with E-state index in [1.807, 2.05) is 24.3 Å². The summed E-state index contributed by atoms with van der Waals surface area (Å²) in [4.78, 5) is 7.67. The Morgan fingerprint density at radius 1 is 1.42 bits per heavy atom. The van der Waals surface area contributed by atoms with Gasteiger partial charge in [-0.15, -0.1) is 0 Å². The molecule has 102 valence electrons. The van der Waals surface area contributed by atoms with Crippen LogP contribution in [0.1, 0.15) is 12.8 Å². The molecule has 0 spiro atoms. The first kappa shape index (κ1) is 12.4. The molecule has 2 aromatic rings. The number of anilines is 1. The van der Waals surface area contributed by atoms with Crippen molar-refractivity contribution in [2.24, 2.45) is 0 Å². The molecule has 2 heterocycles. The quantitative estimate of drug-likeness (QED) is 0.782. The average Bonchev–Trinajstić information content (AvgIpc) is 3.06. The van der Waals surface area contributed by atoms with E-state index in [4.69, 9.17) is 9.47 Å². The van der Waals surface area contributed by atoms with E-state index in [-0.39, 0.29) is 0 Å². The van der Waals surface area contributed by atoms with Crippen molar-refractivity contribution in [2.45, 2.75) is 18.9 Å². The number of para-hydroxylation sites is 2. The highest BCUT2D eigenvalue weighted by Gasteiger charge is 2.14. The fraction of sp³-hybridized carbons (Fsp3) is 0.500. The van der Waals surface area contributed by atoms with Crippen molar-refractivity contribution in [3.63, 3.8) is 0 Å². The van der Waals surface area contributed by atoms with Gasteiger partial charge in [0.15, 0.2) is 0 Å². The SMILES string of the molecule is c1ccc2[nH]c(NCCOCC3CCCO3)nc2c1. The highest BCUT2D eigenvalue weighted by Crippen LogP contribution is 2.13. The Balaban J connectivity index is 1.39. The minimum absolute atomic E-state index is 0.297. The van der Waals surface area contributed by atoms with Crippen LogP contribution in [0.3, 0.4) is 0 Å². The lowest BCUT2D eigenvalue weighted by Crippen LogP contribution is -2.18. The Hall–Kier alpha value is -1.59. The molecule has 0 radical (unpaired) electrons. The highest BCUT2D eigenvalue weighted by atomic mass is 16.5. The van der Waals surface area contributed by atoms with Crippen molar-refractivity contribution in [3.05, 3.63) is 24.3 Å². The molecule has 1 aliphatic heterocycles. The van der Waals surface area contributed by atoms with E-state index in [1.54, 1.807) is 0 Å². The molecule has 2 N–H and O–H groups in total. The number of rotatable bonds is 6. The summed E-state index contributed by atoms with van der Waals surface area (Å²) in [6.07, 6.45) is 2.58. The summed E-state index contributed by atoms with van der Waals surface area (Å²) in [7, 11) is 0. The second-order valence-corrected chi connectivity index (χ2v) is 4.74. The summed E-state index contributed by atoms with van der Waals surface area (Å²) < 4.78 is 11.1. The fourth-order valence-electron chi connectivity index (χ4n) is 2.27. The number of fused-ring (bicyclic) bond motifs is 1. The number of aromatic nitrogens is 2. The molecule has 1 saturated heterocycles. The summed E-state index contributed by atoms with van der Waals surface area (Å²) in [6.45, 7) is 2.98. The second-order valence-electron chi connectivity index (χ2n) is 4.74. The summed E-state index contributed by atoms with van der Waals surface area (Å²) in [5.41, 5.74) is 2.02. The lowest BCUT2D eigenvalue weighted by Gasteiger charge is -2.10. The van der Waals surface area contributed by atoms with Crippen molar-refractivity contribution in [2.75, 3.05) is 31.7 Å². The molecule has 0 amide bonds. The fourth-order valence-corrected chi connectivity index (χ4v) is 2.27. The van der Waals surface area contributed by atoms with Crippen LogP contribution in [0.4, 0.5) is 5.95 Å². The Morgan fingerprint density at radius 3 is 3.21 bits per heavy atom. The second kappa shape index (κ2) is 6.04. The van der Waals surface area contributed by atoms with Crippen molar-refractivity contribution in [1.29, 1.82) is 0 Å². The lowest BCUT2D eigenvalue weighted by molar-refractivity contribution is 0.0206. The molecule has 0 aliphatic carbocycles. The zero-order chi connectivity index (χ0) is 12.9. The van der Waals surface area contributed by atoms with E-state index >= 15 is 0 Å². The van der Waals surface area contributed by atoms with Crippen LogP contribution in [0, 0.1) is 0 Å². The molecule has 1 atom stereocenters. The van der Waals surface area contributed by atoms with Gasteiger partial charge in [0.05, 0.1) is 30.4 Å². The van der Waals surface area contributed by atoms with Crippen LogP contribution < -0.4 is 5.32 Å². The molecule has 5 nitrogen and oxygen atoms in total. The molecule has 19 heavy (non-hydrogen) atoms. The molecule has 3 rings (SSSR count). The molecule has 5 heteroatoms. The van der Waals surface area contributed by atoms with E-state index in [0.717, 1.165) is 43.0 Å². The molecule has 1 aromatic carbocycles. The maximum absolute atomic E-state index is 5.58. The summed E-state index contributed by atoms with van der Waals surface area (Å²) in [5, 5.41) is 3.23. The van der Waals surface area contributed by atoms with E-state index in [9.17, 15) is 0 Å². The number of aromatic amines is 1. The number of H-pyrrole nitrogens is 1. The van der Waals surface area contributed by atoms with Crippen LogP contribution in [0.15, 0.2) is 24.3 Å². The van der Waals surface area contributed by atoms with Crippen LogP contribution >= 0.6 is 0 Å². The Kier molecular flexibility index (Phi) is 3.95. The van der Waals surface area contributed by atoms with Crippen molar-refractivity contribution in [1.82, 2.24) is 9.97 Å². The number of imidazole rings is 1. The van der Waals surface area contributed by atoms with Gasteiger partial charge in [-0.3, -0.25) is 0 Å². The maximum atomic E-state index is 5.58. The van der Waals surface area contributed by atoms with Crippen LogP contribution in [0.5, 0.6) is 0 Å². The van der Waals surface area contributed by atoms with E-state index < -0.39 is 0 Å². The summed E-state index contributed by atoms with van der Waals surface area (Å²) >= 11 is 0. The van der Waals surface area contributed by atoms with Gasteiger partial charge < -0.3 is 19.8 Å². The molecule has 1 fully saturated rings. The minimum Gasteiger partial charge on any atom is -0.377 e. The number of ether oxygens (including phenoxy) is 2. The molecule has 1 aromatic heterocycles. The Labute approximate surface area is 112 Å². The molecule has 0 saturated carbocycles. The molecule has 1 unspecified atom stereocenters. The number of hydrogen-bond acceptors (Lipinski definition) is 4. The van der Waals surface area contributed by atoms with Crippen molar-refractivity contribution >= 4 is 17.0 Å². The van der Waals surface area contributed by atoms with Crippen LogP contribution in [0.2, 0.25) is 0 Å². The van der Waals surface area contributed by atoms with Crippen LogP contribution in [-0.4, -0.2) is 42.4 Å². The third-order valence-electron chi connectivity index (χ3n) is 3.26. The predicted octanol–water partition coefficient (Wildman–Crippen LogP) is 2.17. The first-order chi connectivity index (χ1) is 9.42. The van der Waals surface area contributed by atoms with Gasteiger partial charge in [-0.05, 0) is 25.0 Å². The lowest BCUT2D eigenvalue weighted by atomic mass is 10.2. The minimum atomic E-state index is 0.297. The zero-order valence-corrected chi connectivity index (χ0v) is 10.9. The van der Waals surface area contributed by atoms with Gasteiger partial charge in [-0.2, -0.15) is 0 Å². The third kappa shape index (κ3) is 3.24. The summed E-state index contributed by atoms with van der Waals surface area (Å²) in [5.74, 6) is 0.793. The number of nitrogens with zero attached hydrogens (tertiary/aromatic N) is 1. The highest BCUT2D eigenvalue weighted by molar-refractivity contribution is 5.77. The van der Waals surface area contributed by atoms with E-state index in [1.165, 1.54) is 0 Å². The van der Waals surface area contributed by atoms with Gasteiger partial charge in [-0.1, -0.05) is 12.1 Å². The number of benzene rings is 1. The first-order valence-corrected chi connectivity index (χ1v) is 6.80. The van der Waals surface area contributed by atoms with Gasteiger partial charge in [0.25, 0.3) is 0 Å². The predicted molar refractivity (Wildman–Crippen MR) is 74.4 cm³/mol. The van der Waals surface area contributed by atoms with Gasteiger partial charge >= 0.3 is 0 Å². The molecule has 0 bridgehead atoms. The third-order valence-corrected chi connectivity index (χ3v) is 3.26. The first-order valence-electron chi connectivity index (χ1n) is 6.80. The summed E-state index contributed by atoms with van der Waals surface area (Å²) in [6, 6.07) is 7.99. The molecular formula is C14H19N3O2. The van der Waals surface area contributed by atoms with E-state index in [0.29, 0.717) is 19.3 Å². The van der Waals surface area contributed by atoms with Gasteiger partial charge in [0, 0.05) is 13.2 Å². The Morgan fingerprint density at radius 2 is 2.37 bits per heavy atom. The number of nitrogens with one attached hydrogen (secondary N) is 2. The normalized spacial score (nSPS) is 19.1. The molecular weight excluding hydrogens is 242 g/mol. The number of hydrogen-bond donors (Lipinski definition) is 2. The smallest absolute Gasteiger partial charge is 0.201 e. The van der Waals surface area contributed by atoms with Crippen LogP contribution in [0.25, 0.3) is 11.0 Å². The van der Waals surface area contributed by atoms with E-state index in [2.05, 4.69) is 15.3 Å². The van der Waals surface area contributed by atoms with Crippen LogP contribution in [-0.2, 0) is 9.47 Å². The topological polar surface area (TPSA) is 59.2 Å². The standard InChI is InChI=1S/C14H19N3O2/c1-2-6-13-12(5-1)16-14(17-13)15-7-9-18-10-11-4-3-8-19-11/h1-2,5-6,11H,3-4,7-10H2,(H2,15,16,17). The monoisotopic (exact) mass is 261 g/mol. The van der Waals surface area contributed by atoms with Crippen molar-refractivity contribution in [3.8, 4) is 0 Å². The van der Waals surface area contributed by atoms with Crippen molar-refractivity contribution < 1.29 is 9.47 Å². The largest absolute Gasteiger partial charge is 0.377 e. The average molecular weight is 261 g/mol. The Bertz CT molecular complexity index is 487. The van der Waals surface area contributed by atoms with Gasteiger partial charge in [0.1, 0.15) is 0 Å². The van der Waals surface area contributed by atoms with Gasteiger partial charge in [-0.25, -0.2) is 4.98 Å². The zero-order valence-electron chi connectivity index (χ0n) is 10.9.